The first-order chi connectivity index (χ1) is 12.9. The van der Waals surface area contributed by atoms with Gasteiger partial charge in [-0.05, 0) is 37.1 Å². The van der Waals surface area contributed by atoms with E-state index in [2.05, 4.69) is 5.32 Å². The third-order valence-electron chi connectivity index (χ3n) is 3.82. The van der Waals surface area contributed by atoms with Gasteiger partial charge in [-0.3, -0.25) is 9.59 Å². The average molecular weight is 390 g/mol. The number of rotatable bonds is 8. The van der Waals surface area contributed by atoms with E-state index in [0.29, 0.717) is 11.4 Å². The van der Waals surface area contributed by atoms with Crippen LogP contribution in [-0.2, 0) is 20.7 Å². The number of carbonyl (C=O) groups excluding carboxylic acids is 3. The number of nitrogens with one attached hydrogen (secondary N) is 1. The van der Waals surface area contributed by atoms with Gasteiger partial charge in [-0.15, -0.1) is 0 Å². The molecular weight excluding hydrogens is 370 g/mol. The molecule has 0 saturated heterocycles. The molecule has 0 spiro atoms. The third-order valence-corrected chi connectivity index (χ3v) is 4.06. The van der Waals surface area contributed by atoms with Crippen LogP contribution in [0.2, 0.25) is 5.02 Å². The largest absolute Gasteiger partial charge is 0.496 e. The van der Waals surface area contributed by atoms with Crippen molar-refractivity contribution in [3.8, 4) is 5.75 Å². The van der Waals surface area contributed by atoms with Crippen LogP contribution in [0.5, 0.6) is 5.75 Å². The number of hydrogen-bond acceptors (Lipinski definition) is 5. The summed E-state index contributed by atoms with van der Waals surface area (Å²) >= 11 is 5.88. The van der Waals surface area contributed by atoms with Crippen molar-refractivity contribution < 1.29 is 23.9 Å². The average Bonchev–Trinajstić information content (AvgIpc) is 2.66. The van der Waals surface area contributed by atoms with Crippen LogP contribution in [0.15, 0.2) is 48.5 Å². The number of Topliss-reactive ketones (excluding diaryl/α,β-unsaturated/α-hetero) is 1. The normalized spacial score (nSPS) is 11.4. The van der Waals surface area contributed by atoms with E-state index in [4.69, 9.17) is 21.1 Å². The first-order valence-corrected chi connectivity index (χ1v) is 8.63. The lowest BCUT2D eigenvalue weighted by Crippen LogP contribution is -2.43. The van der Waals surface area contributed by atoms with Crippen molar-refractivity contribution >= 4 is 29.3 Å². The molecule has 0 unspecified atom stereocenters. The van der Waals surface area contributed by atoms with Gasteiger partial charge in [-0.25, -0.2) is 4.79 Å². The smallest absolute Gasteiger partial charge is 0.342 e. The Morgan fingerprint density at radius 2 is 1.81 bits per heavy atom. The molecule has 142 valence electrons. The molecule has 0 bridgehead atoms. The molecule has 7 heteroatoms. The summed E-state index contributed by atoms with van der Waals surface area (Å²) in [5, 5.41) is 2.93. The van der Waals surface area contributed by atoms with Crippen LogP contribution in [0.1, 0.15) is 22.8 Å². The molecule has 2 aromatic rings. The Balaban J connectivity index is 1.95. The Bertz CT molecular complexity index is 822. The standard InChI is InChI=1S/C20H20ClNO5/c1-13(23)17(10-14-6-4-3-5-7-14)22-19(24)12-27-20(25)16-11-15(21)8-9-18(16)26-2/h3-9,11,17H,10,12H2,1-2H3,(H,22,24)/t17-/m0/s1. The van der Waals surface area contributed by atoms with E-state index in [9.17, 15) is 14.4 Å². The second-order valence-electron chi connectivity index (χ2n) is 5.84. The molecular formula is C20H20ClNO5. The van der Waals surface area contributed by atoms with Gasteiger partial charge in [0.25, 0.3) is 5.91 Å². The molecule has 1 amide bonds. The number of ether oxygens (including phenoxy) is 2. The molecule has 27 heavy (non-hydrogen) atoms. The number of halogens is 1. The van der Waals surface area contributed by atoms with Crippen molar-refractivity contribution in [3.05, 3.63) is 64.7 Å². The van der Waals surface area contributed by atoms with Gasteiger partial charge in [0.1, 0.15) is 11.3 Å². The zero-order chi connectivity index (χ0) is 19.8. The summed E-state index contributed by atoms with van der Waals surface area (Å²) in [5.74, 6) is -1.21. The number of hydrogen-bond donors (Lipinski definition) is 1. The zero-order valence-corrected chi connectivity index (χ0v) is 15.8. The monoisotopic (exact) mass is 389 g/mol. The molecule has 0 saturated carbocycles. The Labute approximate surface area is 162 Å². The minimum atomic E-state index is -0.744. The van der Waals surface area contributed by atoms with Crippen LogP contribution >= 0.6 is 11.6 Å². The summed E-state index contributed by atoms with van der Waals surface area (Å²) in [6, 6.07) is 13.1. The highest BCUT2D eigenvalue weighted by Gasteiger charge is 2.20. The first kappa shape index (κ1) is 20.5. The quantitative estimate of drug-likeness (QED) is 0.702. The van der Waals surface area contributed by atoms with Gasteiger partial charge < -0.3 is 14.8 Å². The summed E-state index contributed by atoms with van der Waals surface area (Å²) in [4.78, 5) is 36.1. The predicted molar refractivity (Wildman–Crippen MR) is 101 cm³/mol. The summed E-state index contributed by atoms with van der Waals surface area (Å²) < 4.78 is 10.1. The molecule has 2 rings (SSSR count). The van der Waals surface area contributed by atoms with Gasteiger partial charge in [0.15, 0.2) is 12.4 Å². The zero-order valence-electron chi connectivity index (χ0n) is 15.0. The maximum Gasteiger partial charge on any atom is 0.342 e. The summed E-state index contributed by atoms with van der Waals surface area (Å²) in [5.41, 5.74) is 1.03. The molecule has 0 heterocycles. The fraction of sp³-hybridized carbons (Fsp3) is 0.250. The number of benzene rings is 2. The van der Waals surface area contributed by atoms with Gasteiger partial charge >= 0.3 is 5.97 Å². The highest BCUT2D eigenvalue weighted by molar-refractivity contribution is 6.31. The van der Waals surface area contributed by atoms with Crippen LogP contribution in [0.25, 0.3) is 0 Å². The van der Waals surface area contributed by atoms with Crippen LogP contribution in [0.3, 0.4) is 0 Å². The maximum atomic E-state index is 12.2. The molecule has 0 aromatic heterocycles. The minimum absolute atomic E-state index is 0.116. The number of carbonyl (C=O) groups is 3. The van der Waals surface area contributed by atoms with Crippen molar-refractivity contribution in [2.24, 2.45) is 0 Å². The minimum Gasteiger partial charge on any atom is -0.496 e. The summed E-state index contributed by atoms with van der Waals surface area (Å²) in [7, 11) is 1.41. The van der Waals surface area contributed by atoms with E-state index >= 15 is 0 Å². The van der Waals surface area contributed by atoms with E-state index in [1.54, 1.807) is 6.07 Å². The first-order valence-electron chi connectivity index (χ1n) is 8.25. The van der Waals surface area contributed by atoms with Gasteiger partial charge in [-0.1, -0.05) is 41.9 Å². The van der Waals surface area contributed by atoms with Crippen molar-refractivity contribution in [1.82, 2.24) is 5.32 Å². The number of esters is 1. The van der Waals surface area contributed by atoms with Crippen LogP contribution in [0.4, 0.5) is 0 Å². The van der Waals surface area contributed by atoms with Gasteiger partial charge in [-0.2, -0.15) is 0 Å². The molecule has 1 N–H and O–H groups in total. The SMILES string of the molecule is COc1ccc(Cl)cc1C(=O)OCC(=O)N[C@@H](Cc1ccccc1)C(C)=O. The van der Waals surface area contributed by atoms with Gasteiger partial charge in [0.05, 0.1) is 13.2 Å². The molecule has 0 aliphatic rings. The van der Waals surface area contributed by atoms with Crippen molar-refractivity contribution in [3.63, 3.8) is 0 Å². The lowest BCUT2D eigenvalue weighted by Gasteiger charge is -2.16. The lowest BCUT2D eigenvalue weighted by molar-refractivity contribution is -0.128. The summed E-state index contributed by atoms with van der Waals surface area (Å²) in [6.07, 6.45) is 0.359. The van der Waals surface area contributed by atoms with E-state index in [1.807, 2.05) is 30.3 Å². The van der Waals surface area contributed by atoms with Crippen LogP contribution in [0, 0.1) is 0 Å². The molecule has 0 radical (unpaired) electrons. The maximum absolute atomic E-state index is 12.2. The highest BCUT2D eigenvalue weighted by atomic mass is 35.5. The van der Waals surface area contributed by atoms with E-state index in [-0.39, 0.29) is 17.1 Å². The topological polar surface area (TPSA) is 81.7 Å². The molecule has 2 aromatic carbocycles. The van der Waals surface area contributed by atoms with Gasteiger partial charge in [0, 0.05) is 5.02 Å². The van der Waals surface area contributed by atoms with Crippen molar-refractivity contribution in [2.45, 2.75) is 19.4 Å². The second kappa shape index (κ2) is 9.73. The number of methoxy groups -OCH3 is 1. The van der Waals surface area contributed by atoms with E-state index < -0.39 is 24.5 Å². The number of amides is 1. The Kier molecular flexibility index (Phi) is 7.37. The van der Waals surface area contributed by atoms with E-state index in [0.717, 1.165) is 5.56 Å². The molecule has 1 atom stereocenters. The fourth-order valence-electron chi connectivity index (χ4n) is 2.43. The van der Waals surface area contributed by atoms with Crippen molar-refractivity contribution in [2.75, 3.05) is 13.7 Å². The second-order valence-corrected chi connectivity index (χ2v) is 6.28. The van der Waals surface area contributed by atoms with Crippen LogP contribution < -0.4 is 10.1 Å². The Morgan fingerprint density at radius 1 is 1.11 bits per heavy atom. The fourth-order valence-corrected chi connectivity index (χ4v) is 2.60. The Hall–Kier alpha value is -2.86. The molecule has 6 nitrogen and oxygen atoms in total. The number of ketones is 1. The summed E-state index contributed by atoms with van der Waals surface area (Å²) in [6.45, 7) is 0.879. The van der Waals surface area contributed by atoms with Crippen LogP contribution in [-0.4, -0.2) is 37.4 Å². The van der Waals surface area contributed by atoms with Gasteiger partial charge in [0.2, 0.25) is 0 Å². The van der Waals surface area contributed by atoms with E-state index in [1.165, 1.54) is 26.2 Å². The third kappa shape index (κ3) is 6.11. The molecule has 0 aliphatic carbocycles. The molecule has 0 fully saturated rings. The molecule has 0 aliphatic heterocycles. The lowest BCUT2D eigenvalue weighted by atomic mass is 10.0. The Morgan fingerprint density at radius 3 is 2.44 bits per heavy atom. The van der Waals surface area contributed by atoms with Crippen molar-refractivity contribution in [1.29, 1.82) is 0 Å². The highest BCUT2D eigenvalue weighted by Crippen LogP contribution is 2.23. The predicted octanol–water partition coefficient (Wildman–Crippen LogP) is 2.82.